The van der Waals surface area contributed by atoms with Gasteiger partial charge in [-0.3, -0.25) is 25.3 Å². The van der Waals surface area contributed by atoms with Gasteiger partial charge in [0.1, 0.15) is 5.75 Å². The number of rotatable bonds is 8. The average Bonchev–Trinajstić information content (AvgIpc) is 2.53. The quantitative estimate of drug-likeness (QED) is 0.711. The van der Waals surface area contributed by atoms with Crippen LogP contribution >= 0.6 is 11.6 Å². The van der Waals surface area contributed by atoms with Crippen LogP contribution in [0.2, 0.25) is 5.02 Å². The average molecular weight is 342 g/mol. The molecule has 23 heavy (non-hydrogen) atoms. The van der Waals surface area contributed by atoms with Crippen LogP contribution in [-0.2, 0) is 4.79 Å². The predicted molar refractivity (Wildman–Crippen MR) is 90.6 cm³/mol. The zero-order valence-electron chi connectivity index (χ0n) is 13.8. The van der Waals surface area contributed by atoms with Crippen molar-refractivity contribution in [1.82, 2.24) is 15.8 Å². The summed E-state index contributed by atoms with van der Waals surface area (Å²) in [5.41, 5.74) is 5.07. The number of carbonyl (C=O) groups excluding carboxylic acids is 2. The molecule has 0 unspecified atom stereocenters. The third kappa shape index (κ3) is 6.46. The molecule has 0 saturated heterocycles. The van der Waals surface area contributed by atoms with Crippen LogP contribution in [0, 0.1) is 0 Å². The van der Waals surface area contributed by atoms with Gasteiger partial charge in [0, 0.05) is 5.02 Å². The molecule has 2 amide bonds. The second kappa shape index (κ2) is 10.1. The van der Waals surface area contributed by atoms with Crippen LogP contribution in [0.1, 0.15) is 37.0 Å². The van der Waals surface area contributed by atoms with Gasteiger partial charge in [-0.05, 0) is 44.1 Å². The first-order valence-corrected chi connectivity index (χ1v) is 8.04. The van der Waals surface area contributed by atoms with Crippen molar-refractivity contribution in [2.75, 3.05) is 26.7 Å². The highest BCUT2D eigenvalue weighted by molar-refractivity contribution is 6.31. The lowest BCUT2D eigenvalue weighted by molar-refractivity contribution is -0.123. The maximum absolute atomic E-state index is 12.1. The van der Waals surface area contributed by atoms with Crippen LogP contribution in [0.25, 0.3) is 0 Å². The minimum atomic E-state index is -0.477. The number of nitrogens with one attached hydrogen (secondary N) is 2. The van der Waals surface area contributed by atoms with Gasteiger partial charge in [-0.15, -0.1) is 0 Å². The van der Waals surface area contributed by atoms with Crippen molar-refractivity contribution in [1.29, 1.82) is 0 Å². The summed E-state index contributed by atoms with van der Waals surface area (Å²) >= 11 is 5.89. The zero-order valence-corrected chi connectivity index (χ0v) is 14.6. The fraction of sp³-hybridized carbons (Fsp3) is 0.500. The topological polar surface area (TPSA) is 70.7 Å². The standard InChI is InChI=1S/C16H24ClN3O3/c1-4-8-20(9-5-2)11-15(21)18-19-16(22)13-10-12(17)6-7-14(13)23-3/h6-7,10H,4-5,8-9,11H2,1-3H3,(H,18,21)(H,19,22). The maximum atomic E-state index is 12.1. The van der Waals surface area contributed by atoms with Gasteiger partial charge in [0.25, 0.3) is 11.8 Å². The molecule has 1 aromatic rings. The third-order valence-electron chi connectivity index (χ3n) is 3.17. The summed E-state index contributed by atoms with van der Waals surface area (Å²) in [5.74, 6) is -0.351. The van der Waals surface area contributed by atoms with E-state index < -0.39 is 5.91 Å². The second-order valence-corrected chi connectivity index (χ2v) is 5.56. The van der Waals surface area contributed by atoms with Crippen LogP contribution < -0.4 is 15.6 Å². The predicted octanol–water partition coefficient (Wildman–Crippen LogP) is 2.23. The summed E-state index contributed by atoms with van der Waals surface area (Å²) in [5, 5.41) is 0.416. The lowest BCUT2D eigenvalue weighted by Gasteiger charge is -2.20. The Labute approximate surface area is 142 Å². The number of methoxy groups -OCH3 is 1. The number of hydrogen-bond donors (Lipinski definition) is 2. The molecule has 1 aromatic carbocycles. The van der Waals surface area contributed by atoms with E-state index in [4.69, 9.17) is 16.3 Å². The minimum Gasteiger partial charge on any atom is -0.496 e. The Hall–Kier alpha value is -1.79. The van der Waals surface area contributed by atoms with Gasteiger partial charge in [-0.1, -0.05) is 25.4 Å². The van der Waals surface area contributed by atoms with E-state index in [1.54, 1.807) is 12.1 Å². The van der Waals surface area contributed by atoms with Gasteiger partial charge in [-0.25, -0.2) is 0 Å². The molecule has 0 aliphatic heterocycles. The first-order valence-electron chi connectivity index (χ1n) is 7.66. The number of carbonyl (C=O) groups is 2. The molecule has 128 valence electrons. The Bertz CT molecular complexity index is 531. The molecule has 0 aliphatic rings. The minimum absolute atomic E-state index is 0.245. The summed E-state index contributed by atoms with van der Waals surface area (Å²) in [6, 6.07) is 4.72. The van der Waals surface area contributed by atoms with Crippen molar-refractivity contribution in [2.45, 2.75) is 26.7 Å². The lowest BCUT2D eigenvalue weighted by atomic mass is 10.2. The maximum Gasteiger partial charge on any atom is 0.273 e. The van der Waals surface area contributed by atoms with E-state index >= 15 is 0 Å². The van der Waals surface area contributed by atoms with Crippen LogP contribution in [0.5, 0.6) is 5.75 Å². The SMILES string of the molecule is CCCN(CCC)CC(=O)NNC(=O)c1cc(Cl)ccc1OC. The molecule has 0 saturated carbocycles. The number of benzene rings is 1. The van der Waals surface area contributed by atoms with Crippen LogP contribution in [0.4, 0.5) is 0 Å². The number of nitrogens with zero attached hydrogens (tertiary/aromatic N) is 1. The van der Waals surface area contributed by atoms with Gasteiger partial charge in [-0.2, -0.15) is 0 Å². The van der Waals surface area contributed by atoms with E-state index in [1.165, 1.54) is 13.2 Å². The van der Waals surface area contributed by atoms with Gasteiger partial charge < -0.3 is 4.74 Å². The summed E-state index contributed by atoms with van der Waals surface area (Å²) in [6.07, 6.45) is 1.94. The first-order chi connectivity index (χ1) is 11.0. The molecule has 0 heterocycles. The molecular formula is C16H24ClN3O3. The first kappa shape index (κ1) is 19.3. The number of amides is 2. The molecular weight excluding hydrogens is 318 g/mol. The summed E-state index contributed by atoms with van der Waals surface area (Å²) < 4.78 is 5.12. The highest BCUT2D eigenvalue weighted by Gasteiger charge is 2.15. The third-order valence-corrected chi connectivity index (χ3v) is 3.40. The summed E-state index contributed by atoms with van der Waals surface area (Å²) in [6.45, 7) is 6.06. The highest BCUT2D eigenvalue weighted by atomic mass is 35.5. The van der Waals surface area contributed by atoms with E-state index in [9.17, 15) is 9.59 Å². The summed E-state index contributed by atoms with van der Waals surface area (Å²) in [7, 11) is 1.46. The van der Waals surface area contributed by atoms with Crippen molar-refractivity contribution in [3.63, 3.8) is 0 Å². The Kier molecular flexibility index (Phi) is 8.43. The Morgan fingerprint density at radius 1 is 1.17 bits per heavy atom. The van der Waals surface area contributed by atoms with Crippen LogP contribution in [-0.4, -0.2) is 43.5 Å². The largest absolute Gasteiger partial charge is 0.496 e. The number of hydrogen-bond acceptors (Lipinski definition) is 4. The van der Waals surface area contributed by atoms with E-state index in [2.05, 4.69) is 24.7 Å². The molecule has 1 rings (SSSR count). The molecule has 2 N–H and O–H groups in total. The van der Waals surface area contributed by atoms with Crippen LogP contribution in [0.15, 0.2) is 18.2 Å². The Balaban J connectivity index is 2.58. The smallest absolute Gasteiger partial charge is 0.273 e. The Morgan fingerprint density at radius 2 is 1.83 bits per heavy atom. The van der Waals surface area contributed by atoms with Gasteiger partial charge in [0.05, 0.1) is 19.2 Å². The monoisotopic (exact) mass is 341 g/mol. The van der Waals surface area contributed by atoms with Gasteiger partial charge >= 0.3 is 0 Å². The van der Waals surface area contributed by atoms with E-state index in [-0.39, 0.29) is 18.0 Å². The van der Waals surface area contributed by atoms with Crippen LogP contribution in [0.3, 0.4) is 0 Å². The molecule has 0 fully saturated rings. The summed E-state index contributed by atoms with van der Waals surface area (Å²) in [4.78, 5) is 26.1. The molecule has 6 nitrogen and oxygen atoms in total. The Morgan fingerprint density at radius 3 is 2.39 bits per heavy atom. The van der Waals surface area contributed by atoms with Crippen molar-refractivity contribution in [3.8, 4) is 5.75 Å². The fourth-order valence-corrected chi connectivity index (χ4v) is 2.37. The van der Waals surface area contributed by atoms with E-state index in [0.717, 1.165) is 25.9 Å². The molecule has 0 radical (unpaired) electrons. The molecule has 7 heteroatoms. The zero-order chi connectivity index (χ0) is 17.2. The number of hydrazine groups is 1. The highest BCUT2D eigenvalue weighted by Crippen LogP contribution is 2.22. The van der Waals surface area contributed by atoms with Crippen molar-refractivity contribution >= 4 is 23.4 Å². The number of ether oxygens (including phenoxy) is 1. The van der Waals surface area contributed by atoms with Crippen molar-refractivity contribution in [3.05, 3.63) is 28.8 Å². The van der Waals surface area contributed by atoms with E-state index in [1.807, 2.05) is 4.90 Å². The van der Waals surface area contributed by atoms with E-state index in [0.29, 0.717) is 10.8 Å². The number of halogens is 1. The molecule has 0 aliphatic carbocycles. The molecule has 0 atom stereocenters. The van der Waals surface area contributed by atoms with Gasteiger partial charge in [0.15, 0.2) is 0 Å². The lowest BCUT2D eigenvalue weighted by Crippen LogP contribution is -2.46. The fourth-order valence-electron chi connectivity index (χ4n) is 2.20. The molecule has 0 spiro atoms. The van der Waals surface area contributed by atoms with Gasteiger partial charge in [0.2, 0.25) is 0 Å². The second-order valence-electron chi connectivity index (χ2n) is 5.12. The van der Waals surface area contributed by atoms with Crippen molar-refractivity contribution < 1.29 is 14.3 Å². The van der Waals surface area contributed by atoms with Crippen molar-refractivity contribution in [2.24, 2.45) is 0 Å². The molecule has 0 aromatic heterocycles. The molecule has 0 bridgehead atoms. The normalized spacial score (nSPS) is 10.5.